The lowest BCUT2D eigenvalue weighted by molar-refractivity contribution is -0.0257. The Kier molecular flexibility index (Phi) is 3.33. The molecule has 1 heterocycles. The van der Waals surface area contributed by atoms with Crippen LogP contribution in [0.3, 0.4) is 0 Å². The minimum absolute atomic E-state index is 0.0537. The van der Waals surface area contributed by atoms with Gasteiger partial charge in [0.05, 0.1) is 11.4 Å². The summed E-state index contributed by atoms with van der Waals surface area (Å²) in [6, 6.07) is 8.58. The third kappa shape index (κ3) is 2.43. The highest BCUT2D eigenvalue weighted by molar-refractivity contribution is 5.97. The van der Waals surface area contributed by atoms with Crippen LogP contribution in [0.2, 0.25) is 0 Å². The lowest BCUT2D eigenvalue weighted by Crippen LogP contribution is -2.65. The molecular formula is C20H28N4O. The Balaban J connectivity index is 1.36. The number of rotatable bonds is 1. The fourth-order valence-electron chi connectivity index (χ4n) is 6.26. The van der Waals surface area contributed by atoms with Crippen LogP contribution >= 0.6 is 0 Å². The minimum atomic E-state index is 0.0537. The van der Waals surface area contributed by atoms with Crippen molar-refractivity contribution in [1.82, 2.24) is 5.32 Å². The van der Waals surface area contributed by atoms with E-state index in [9.17, 15) is 4.79 Å². The molecule has 2 amide bonds. The number of amides is 2. The van der Waals surface area contributed by atoms with E-state index in [1.54, 1.807) is 0 Å². The van der Waals surface area contributed by atoms with E-state index in [1.807, 2.05) is 17.0 Å². The number of para-hydroxylation sites is 2. The second-order valence-electron chi connectivity index (χ2n) is 8.87. The second kappa shape index (κ2) is 5.37. The Hall–Kier alpha value is -1.75. The van der Waals surface area contributed by atoms with Crippen molar-refractivity contribution in [2.45, 2.75) is 43.7 Å². The SMILES string of the molecule is CN1CCN(C(=O)NC2C3CC4CC2CC(N)(C4)C3)c2ccccc21. The van der Waals surface area contributed by atoms with Gasteiger partial charge in [-0.2, -0.15) is 0 Å². The number of nitrogens with two attached hydrogens (primary N) is 1. The third-order valence-electron chi connectivity index (χ3n) is 7.10. The molecule has 0 aromatic heterocycles. The van der Waals surface area contributed by atoms with E-state index < -0.39 is 0 Å². The molecule has 2 atom stereocenters. The van der Waals surface area contributed by atoms with Crippen molar-refractivity contribution in [3.8, 4) is 0 Å². The summed E-state index contributed by atoms with van der Waals surface area (Å²) in [6.07, 6.45) is 5.88. The van der Waals surface area contributed by atoms with Crippen molar-refractivity contribution < 1.29 is 4.79 Å². The Morgan fingerprint density at radius 2 is 1.80 bits per heavy atom. The van der Waals surface area contributed by atoms with Gasteiger partial charge in [0.1, 0.15) is 0 Å². The molecule has 4 saturated carbocycles. The van der Waals surface area contributed by atoms with Gasteiger partial charge in [0.15, 0.2) is 0 Å². The largest absolute Gasteiger partial charge is 0.371 e. The zero-order valence-corrected chi connectivity index (χ0v) is 14.9. The highest BCUT2D eigenvalue weighted by Crippen LogP contribution is 2.54. The average molecular weight is 340 g/mol. The number of fused-ring (bicyclic) bond motifs is 1. The molecule has 5 heteroatoms. The molecule has 4 aliphatic carbocycles. The lowest BCUT2D eigenvalue weighted by atomic mass is 9.51. The van der Waals surface area contributed by atoms with Crippen LogP contribution in [0, 0.1) is 17.8 Å². The summed E-state index contributed by atoms with van der Waals surface area (Å²) in [5.41, 5.74) is 8.82. The zero-order chi connectivity index (χ0) is 17.2. The van der Waals surface area contributed by atoms with Gasteiger partial charge in [0.2, 0.25) is 0 Å². The Morgan fingerprint density at radius 1 is 1.12 bits per heavy atom. The summed E-state index contributed by atoms with van der Waals surface area (Å²) in [6.45, 7) is 1.61. The molecule has 1 aromatic carbocycles. The van der Waals surface area contributed by atoms with Gasteiger partial charge >= 0.3 is 6.03 Å². The molecule has 5 nitrogen and oxygen atoms in total. The second-order valence-corrected chi connectivity index (χ2v) is 8.87. The van der Waals surface area contributed by atoms with Crippen LogP contribution in [-0.4, -0.2) is 37.7 Å². The maximum absolute atomic E-state index is 13.1. The molecule has 0 saturated heterocycles. The molecule has 4 fully saturated rings. The Labute approximate surface area is 149 Å². The van der Waals surface area contributed by atoms with Crippen LogP contribution in [0.25, 0.3) is 0 Å². The minimum Gasteiger partial charge on any atom is -0.371 e. The summed E-state index contributed by atoms with van der Waals surface area (Å²) in [5, 5.41) is 3.42. The van der Waals surface area contributed by atoms with Gasteiger partial charge in [0.25, 0.3) is 0 Å². The fourth-order valence-corrected chi connectivity index (χ4v) is 6.26. The van der Waals surface area contributed by atoms with Crippen molar-refractivity contribution in [3.05, 3.63) is 24.3 Å². The number of hydrogen-bond acceptors (Lipinski definition) is 3. The van der Waals surface area contributed by atoms with Gasteiger partial charge in [-0.1, -0.05) is 12.1 Å². The van der Waals surface area contributed by atoms with Crippen LogP contribution in [0.5, 0.6) is 0 Å². The maximum atomic E-state index is 13.1. The van der Waals surface area contributed by atoms with Crippen LogP contribution in [0.4, 0.5) is 16.2 Å². The summed E-state index contributed by atoms with van der Waals surface area (Å²) in [4.78, 5) is 17.3. The van der Waals surface area contributed by atoms with Crippen molar-refractivity contribution in [2.24, 2.45) is 23.5 Å². The summed E-state index contributed by atoms with van der Waals surface area (Å²) < 4.78 is 0. The van der Waals surface area contributed by atoms with Crippen LogP contribution < -0.4 is 20.9 Å². The quantitative estimate of drug-likeness (QED) is 0.826. The van der Waals surface area contributed by atoms with Crippen LogP contribution in [0.15, 0.2) is 24.3 Å². The molecule has 0 spiro atoms. The number of hydrogen-bond donors (Lipinski definition) is 2. The molecule has 3 N–H and O–H groups in total. The third-order valence-corrected chi connectivity index (χ3v) is 7.10. The molecule has 25 heavy (non-hydrogen) atoms. The highest BCUT2D eigenvalue weighted by atomic mass is 16.2. The number of anilines is 2. The topological polar surface area (TPSA) is 61.6 Å². The maximum Gasteiger partial charge on any atom is 0.322 e. The van der Waals surface area contributed by atoms with Gasteiger partial charge in [-0.25, -0.2) is 4.79 Å². The van der Waals surface area contributed by atoms with Crippen molar-refractivity contribution in [1.29, 1.82) is 0 Å². The zero-order valence-electron chi connectivity index (χ0n) is 14.9. The molecule has 2 unspecified atom stereocenters. The molecule has 6 rings (SSSR count). The van der Waals surface area contributed by atoms with E-state index in [2.05, 4.69) is 29.4 Å². The average Bonchev–Trinajstić information content (AvgIpc) is 2.57. The number of nitrogens with one attached hydrogen (secondary N) is 1. The summed E-state index contributed by atoms with van der Waals surface area (Å²) in [7, 11) is 2.09. The first-order chi connectivity index (χ1) is 12.0. The Bertz CT molecular complexity index is 689. The van der Waals surface area contributed by atoms with E-state index in [-0.39, 0.29) is 11.6 Å². The molecule has 5 aliphatic rings. The van der Waals surface area contributed by atoms with Gasteiger partial charge in [-0.3, -0.25) is 4.90 Å². The number of urea groups is 1. The van der Waals surface area contributed by atoms with Crippen LogP contribution in [-0.2, 0) is 0 Å². The lowest BCUT2D eigenvalue weighted by Gasteiger charge is -2.59. The number of carbonyl (C=O) groups is 1. The van der Waals surface area contributed by atoms with E-state index in [1.165, 1.54) is 19.3 Å². The number of likely N-dealkylation sites (N-methyl/N-ethyl adjacent to an activating group) is 1. The molecule has 4 bridgehead atoms. The molecule has 0 radical (unpaired) electrons. The molecule has 1 aromatic rings. The van der Waals surface area contributed by atoms with Gasteiger partial charge in [-0.05, 0) is 62.0 Å². The van der Waals surface area contributed by atoms with Crippen molar-refractivity contribution in [2.75, 3.05) is 29.9 Å². The number of carbonyl (C=O) groups excluding carboxylic acids is 1. The predicted octanol–water partition coefficient (Wildman–Crippen LogP) is 2.56. The van der Waals surface area contributed by atoms with Crippen molar-refractivity contribution in [3.63, 3.8) is 0 Å². The van der Waals surface area contributed by atoms with E-state index in [4.69, 9.17) is 5.73 Å². The fraction of sp³-hybridized carbons (Fsp3) is 0.650. The Morgan fingerprint density at radius 3 is 2.48 bits per heavy atom. The first kappa shape index (κ1) is 15.5. The normalized spacial score (nSPS) is 38.6. The van der Waals surface area contributed by atoms with Gasteiger partial charge in [-0.15, -0.1) is 0 Å². The monoisotopic (exact) mass is 340 g/mol. The predicted molar refractivity (Wildman–Crippen MR) is 99.9 cm³/mol. The summed E-state index contributed by atoms with van der Waals surface area (Å²) in [5.74, 6) is 1.94. The summed E-state index contributed by atoms with van der Waals surface area (Å²) >= 11 is 0. The van der Waals surface area contributed by atoms with Gasteiger partial charge < -0.3 is 16.0 Å². The molecule has 134 valence electrons. The van der Waals surface area contributed by atoms with Crippen molar-refractivity contribution >= 4 is 17.4 Å². The first-order valence-corrected chi connectivity index (χ1v) is 9.69. The number of benzene rings is 1. The highest BCUT2D eigenvalue weighted by Gasteiger charge is 2.54. The molecular weight excluding hydrogens is 312 g/mol. The molecule has 1 aliphatic heterocycles. The van der Waals surface area contributed by atoms with Crippen LogP contribution in [0.1, 0.15) is 32.1 Å². The number of nitrogens with zero attached hydrogens (tertiary/aromatic N) is 2. The standard InChI is InChI=1S/C20H28N4O/c1-23-6-7-24(17-5-3-2-4-16(17)23)19(25)22-18-14-8-13-9-15(18)12-20(21,10-13)11-14/h2-5,13-15,18H,6-12,21H2,1H3,(H,22,25). The van der Waals surface area contributed by atoms with E-state index in [0.29, 0.717) is 17.9 Å². The van der Waals surface area contributed by atoms with E-state index >= 15 is 0 Å². The van der Waals surface area contributed by atoms with Gasteiger partial charge in [0, 0.05) is 31.7 Å². The van der Waals surface area contributed by atoms with E-state index in [0.717, 1.165) is 43.2 Å². The smallest absolute Gasteiger partial charge is 0.322 e. The first-order valence-electron chi connectivity index (χ1n) is 9.69.